The molecule has 0 radical (unpaired) electrons. The highest BCUT2D eigenvalue weighted by Gasteiger charge is 2.28. The number of nitrogens with zero attached hydrogens (tertiary/aromatic N) is 3. The maximum absolute atomic E-state index is 14.8. The van der Waals surface area contributed by atoms with E-state index in [0.29, 0.717) is 23.7 Å². The quantitative estimate of drug-likeness (QED) is 0.738. The van der Waals surface area contributed by atoms with Gasteiger partial charge in [-0.3, -0.25) is 14.5 Å². The highest BCUT2D eigenvalue weighted by molar-refractivity contribution is 5.96. The van der Waals surface area contributed by atoms with E-state index in [1.807, 2.05) is 13.0 Å². The Morgan fingerprint density at radius 3 is 3.00 bits per heavy atom. The van der Waals surface area contributed by atoms with Crippen LogP contribution >= 0.6 is 0 Å². The van der Waals surface area contributed by atoms with Crippen molar-refractivity contribution >= 4 is 17.7 Å². The lowest BCUT2D eigenvalue weighted by atomic mass is 9.95. The van der Waals surface area contributed by atoms with Crippen molar-refractivity contribution in [3.63, 3.8) is 0 Å². The second-order valence-electron chi connectivity index (χ2n) is 7.56. The van der Waals surface area contributed by atoms with Crippen molar-refractivity contribution in [2.45, 2.75) is 51.7 Å². The average Bonchev–Trinajstić information content (AvgIpc) is 3.09. The third kappa shape index (κ3) is 4.95. The molecule has 0 aliphatic carbocycles. The summed E-state index contributed by atoms with van der Waals surface area (Å²) in [6.45, 7) is 3.89. The molecule has 1 aliphatic heterocycles. The summed E-state index contributed by atoms with van der Waals surface area (Å²) in [5.74, 6) is -1.25. The molecule has 0 saturated carbocycles. The van der Waals surface area contributed by atoms with Gasteiger partial charge in [0.1, 0.15) is 6.17 Å². The third-order valence-electron chi connectivity index (χ3n) is 5.32. The third-order valence-corrected chi connectivity index (χ3v) is 5.32. The average molecular weight is 417 g/mol. The Balaban J connectivity index is 1.96. The first kappa shape index (κ1) is 21.7. The van der Waals surface area contributed by atoms with Crippen molar-refractivity contribution in [1.82, 2.24) is 20.1 Å². The van der Waals surface area contributed by atoms with Crippen LogP contribution in [0.1, 0.15) is 51.3 Å². The zero-order valence-electron chi connectivity index (χ0n) is 17.5. The highest BCUT2D eigenvalue weighted by atomic mass is 19.1. The molecule has 2 N–H and O–H groups in total. The first-order chi connectivity index (χ1) is 14.4. The Bertz CT molecular complexity index is 901. The van der Waals surface area contributed by atoms with E-state index in [1.165, 1.54) is 0 Å². The molecule has 2 aromatic rings. The molecule has 3 atom stereocenters. The molecule has 8 nitrogen and oxygen atoms in total. The number of carbonyl (C=O) groups excluding carboxylic acids is 2. The smallest absolute Gasteiger partial charge is 0.407 e. The molecule has 9 heteroatoms. The number of alkyl carbamates (subject to hydrolysis) is 1. The fraction of sp³-hybridized carbons (Fsp3) is 0.524. The summed E-state index contributed by atoms with van der Waals surface area (Å²) < 4.78 is 21.6. The van der Waals surface area contributed by atoms with E-state index in [-0.39, 0.29) is 12.8 Å². The summed E-state index contributed by atoms with van der Waals surface area (Å²) in [6.07, 6.45) is 3.31. The molecule has 2 amide bonds. The van der Waals surface area contributed by atoms with Gasteiger partial charge >= 0.3 is 6.09 Å². The van der Waals surface area contributed by atoms with Crippen molar-refractivity contribution in [3.8, 4) is 11.3 Å². The molecule has 2 bridgehead atoms. The fourth-order valence-corrected chi connectivity index (χ4v) is 3.43. The number of ether oxygens (including phenoxy) is 1. The van der Waals surface area contributed by atoms with Gasteiger partial charge in [0.15, 0.2) is 0 Å². The Morgan fingerprint density at radius 2 is 2.23 bits per heavy atom. The van der Waals surface area contributed by atoms with Gasteiger partial charge in [-0.2, -0.15) is 5.10 Å². The minimum atomic E-state index is -1.37. The molecule has 3 rings (SSSR count). The Kier molecular flexibility index (Phi) is 7.02. The molecule has 162 valence electrons. The SMILES string of the molecule is CCCCOC(=O)N[C@H]1CCC(F)[C@@H](C)C(=O)Nc2cnn(C)c2-c2ccnc1c2. The van der Waals surface area contributed by atoms with Gasteiger partial charge in [-0.15, -0.1) is 0 Å². The van der Waals surface area contributed by atoms with E-state index in [4.69, 9.17) is 4.74 Å². The van der Waals surface area contributed by atoms with Crippen LogP contribution in [0.3, 0.4) is 0 Å². The number of aromatic nitrogens is 3. The number of carbonyl (C=O) groups is 2. The monoisotopic (exact) mass is 417 g/mol. The van der Waals surface area contributed by atoms with Crippen LogP contribution in [0.2, 0.25) is 0 Å². The van der Waals surface area contributed by atoms with Gasteiger partial charge in [-0.1, -0.05) is 20.3 Å². The van der Waals surface area contributed by atoms with Crippen LogP contribution < -0.4 is 10.6 Å². The van der Waals surface area contributed by atoms with Gasteiger partial charge < -0.3 is 15.4 Å². The first-order valence-corrected chi connectivity index (χ1v) is 10.3. The normalized spacial score (nSPS) is 21.6. The fourth-order valence-electron chi connectivity index (χ4n) is 3.43. The number of hydrogen-bond donors (Lipinski definition) is 2. The molecule has 0 aromatic carbocycles. The Hall–Kier alpha value is -2.97. The van der Waals surface area contributed by atoms with Crippen LogP contribution in [-0.2, 0) is 16.6 Å². The Labute approximate surface area is 175 Å². The zero-order valence-corrected chi connectivity index (χ0v) is 17.5. The van der Waals surface area contributed by atoms with Crippen molar-refractivity contribution in [3.05, 3.63) is 30.2 Å². The number of rotatable bonds is 4. The van der Waals surface area contributed by atoms with Crippen LogP contribution in [0.15, 0.2) is 24.5 Å². The summed E-state index contributed by atoms with van der Waals surface area (Å²) >= 11 is 0. The van der Waals surface area contributed by atoms with E-state index < -0.39 is 30.1 Å². The maximum Gasteiger partial charge on any atom is 0.407 e. The minimum Gasteiger partial charge on any atom is -0.450 e. The second-order valence-corrected chi connectivity index (χ2v) is 7.56. The van der Waals surface area contributed by atoms with Crippen LogP contribution in [0.4, 0.5) is 14.9 Å². The van der Waals surface area contributed by atoms with Gasteiger partial charge in [-0.25, -0.2) is 9.18 Å². The minimum absolute atomic E-state index is 0.0975. The number of unbranched alkanes of at least 4 members (excludes halogenated alkanes) is 1. The van der Waals surface area contributed by atoms with Gasteiger partial charge in [0, 0.05) is 18.8 Å². The number of fused-ring (bicyclic) bond motifs is 4. The molecule has 0 spiro atoms. The number of halogens is 1. The van der Waals surface area contributed by atoms with Gasteiger partial charge in [-0.05, 0) is 31.4 Å². The summed E-state index contributed by atoms with van der Waals surface area (Å²) in [5.41, 5.74) is 2.56. The second kappa shape index (κ2) is 9.69. The van der Waals surface area contributed by atoms with Gasteiger partial charge in [0.2, 0.25) is 5.91 Å². The van der Waals surface area contributed by atoms with E-state index in [2.05, 4.69) is 20.7 Å². The molecular formula is C21H28FN5O3. The molecule has 0 saturated heterocycles. The molecule has 30 heavy (non-hydrogen) atoms. The topological polar surface area (TPSA) is 98.1 Å². The standard InChI is InChI=1S/C21H28FN5O3/c1-4-5-10-30-21(29)26-16-7-6-15(22)13(2)20(28)25-18-12-24-27(3)19(18)14-8-9-23-17(16)11-14/h8-9,11-13,15-16H,4-7,10H2,1-3H3,(H,25,28)(H,26,29)/t13-,15?,16+/m1/s1. The summed E-state index contributed by atoms with van der Waals surface area (Å²) in [7, 11) is 1.76. The van der Waals surface area contributed by atoms with Crippen LogP contribution in [-0.4, -0.2) is 39.5 Å². The van der Waals surface area contributed by atoms with Crippen LogP contribution in [0.25, 0.3) is 11.3 Å². The maximum atomic E-state index is 14.8. The lowest BCUT2D eigenvalue weighted by Gasteiger charge is -2.23. The zero-order chi connectivity index (χ0) is 21.7. The molecule has 1 aliphatic rings. The molecule has 0 fully saturated rings. The van der Waals surface area contributed by atoms with Crippen molar-refractivity contribution in [2.24, 2.45) is 13.0 Å². The number of hydrogen-bond acceptors (Lipinski definition) is 5. The molecule has 2 aromatic heterocycles. The van der Waals surface area contributed by atoms with Gasteiger partial charge in [0.05, 0.1) is 41.8 Å². The van der Waals surface area contributed by atoms with Gasteiger partial charge in [0.25, 0.3) is 0 Å². The molecular weight excluding hydrogens is 389 g/mol. The molecule has 3 heterocycles. The number of nitrogens with one attached hydrogen (secondary N) is 2. The van der Waals surface area contributed by atoms with E-state index in [1.54, 1.807) is 37.1 Å². The number of alkyl halides is 1. The highest BCUT2D eigenvalue weighted by Crippen LogP contribution is 2.32. The number of amides is 2. The summed E-state index contributed by atoms with van der Waals surface area (Å²) in [6, 6.07) is 3.09. The summed E-state index contributed by atoms with van der Waals surface area (Å²) in [4.78, 5) is 29.2. The van der Waals surface area contributed by atoms with E-state index in [0.717, 1.165) is 18.4 Å². The predicted octanol–water partition coefficient (Wildman–Crippen LogP) is 3.76. The van der Waals surface area contributed by atoms with Crippen molar-refractivity contribution in [2.75, 3.05) is 11.9 Å². The van der Waals surface area contributed by atoms with Crippen molar-refractivity contribution in [1.29, 1.82) is 0 Å². The molecule has 1 unspecified atom stereocenters. The lowest BCUT2D eigenvalue weighted by Crippen LogP contribution is -2.33. The Morgan fingerprint density at radius 1 is 1.43 bits per heavy atom. The predicted molar refractivity (Wildman–Crippen MR) is 110 cm³/mol. The number of anilines is 1. The number of pyridine rings is 1. The van der Waals surface area contributed by atoms with E-state index >= 15 is 0 Å². The first-order valence-electron chi connectivity index (χ1n) is 10.3. The lowest BCUT2D eigenvalue weighted by molar-refractivity contribution is -0.121. The van der Waals surface area contributed by atoms with Crippen LogP contribution in [0.5, 0.6) is 0 Å². The van der Waals surface area contributed by atoms with Crippen molar-refractivity contribution < 1.29 is 18.7 Å². The number of aryl methyl sites for hydroxylation is 1. The largest absolute Gasteiger partial charge is 0.450 e. The van der Waals surface area contributed by atoms with E-state index in [9.17, 15) is 14.0 Å². The summed E-state index contributed by atoms with van der Waals surface area (Å²) in [5, 5.41) is 9.82. The van der Waals surface area contributed by atoms with Crippen LogP contribution in [0, 0.1) is 5.92 Å².